The summed E-state index contributed by atoms with van der Waals surface area (Å²) in [7, 11) is 1.67. The molecule has 0 radical (unpaired) electrons. The Balaban J connectivity index is 1.27. The van der Waals surface area contributed by atoms with Crippen molar-refractivity contribution in [3.8, 4) is 5.75 Å². The number of para-hydroxylation sites is 1. The quantitative estimate of drug-likeness (QED) is 0.729. The number of nitrogens with zero attached hydrogens (tertiary/aromatic N) is 2. The van der Waals surface area contributed by atoms with Gasteiger partial charge in [0.15, 0.2) is 5.13 Å². The molecule has 0 N–H and O–H groups in total. The van der Waals surface area contributed by atoms with E-state index in [1.807, 2.05) is 12.1 Å². The number of fused-ring (bicyclic) bond motifs is 1. The number of anilines is 1. The van der Waals surface area contributed by atoms with Crippen LogP contribution in [0.15, 0.2) is 18.2 Å². The van der Waals surface area contributed by atoms with Gasteiger partial charge in [0.1, 0.15) is 17.4 Å². The first kappa shape index (κ1) is 16.6. The van der Waals surface area contributed by atoms with Crippen LogP contribution in [0.1, 0.15) is 38.5 Å². The van der Waals surface area contributed by atoms with Gasteiger partial charge in [0.25, 0.3) is 0 Å². The average Bonchev–Trinajstić information content (AvgIpc) is 3.24. The zero-order valence-corrected chi connectivity index (χ0v) is 15.4. The summed E-state index contributed by atoms with van der Waals surface area (Å²) in [6, 6.07) is 5.96. The number of esters is 1. The summed E-state index contributed by atoms with van der Waals surface area (Å²) >= 11 is 1.65. The lowest BCUT2D eigenvalue weighted by atomic mass is 10.0. The normalized spacial score (nSPS) is 18.5. The number of thiazole rings is 1. The Hall–Kier alpha value is -1.82. The van der Waals surface area contributed by atoms with Crippen molar-refractivity contribution in [3.05, 3.63) is 18.2 Å². The van der Waals surface area contributed by atoms with E-state index >= 15 is 0 Å². The molecule has 2 heterocycles. The van der Waals surface area contributed by atoms with Crippen molar-refractivity contribution in [3.63, 3.8) is 0 Å². The van der Waals surface area contributed by atoms with Crippen LogP contribution in [0, 0.1) is 5.92 Å². The second-order valence-corrected chi connectivity index (χ2v) is 8.02. The van der Waals surface area contributed by atoms with E-state index < -0.39 is 0 Å². The van der Waals surface area contributed by atoms with E-state index in [4.69, 9.17) is 9.47 Å². The predicted molar refractivity (Wildman–Crippen MR) is 99.5 cm³/mol. The number of benzene rings is 1. The van der Waals surface area contributed by atoms with Gasteiger partial charge in [-0.1, -0.05) is 43.1 Å². The summed E-state index contributed by atoms with van der Waals surface area (Å²) < 4.78 is 12.1. The molecule has 1 aliphatic heterocycles. The van der Waals surface area contributed by atoms with Crippen LogP contribution >= 0.6 is 11.3 Å². The Morgan fingerprint density at radius 2 is 2.12 bits per heavy atom. The number of ether oxygens (including phenoxy) is 2. The smallest absolute Gasteiger partial charge is 0.306 e. The molecule has 5 nitrogen and oxygen atoms in total. The van der Waals surface area contributed by atoms with Gasteiger partial charge in [0, 0.05) is 6.42 Å². The molecule has 4 rings (SSSR count). The van der Waals surface area contributed by atoms with E-state index in [2.05, 4.69) is 16.0 Å². The van der Waals surface area contributed by atoms with Crippen LogP contribution in [-0.4, -0.2) is 37.3 Å². The second-order valence-electron chi connectivity index (χ2n) is 7.01. The highest BCUT2D eigenvalue weighted by molar-refractivity contribution is 7.22. The molecule has 25 heavy (non-hydrogen) atoms. The maximum atomic E-state index is 12.0. The molecule has 2 aromatic rings. The first-order chi connectivity index (χ1) is 12.2. The number of carbonyl (C=O) groups excluding carboxylic acids is 1. The monoisotopic (exact) mass is 360 g/mol. The van der Waals surface area contributed by atoms with Crippen molar-refractivity contribution in [2.75, 3.05) is 25.1 Å². The first-order valence-electron chi connectivity index (χ1n) is 9.11. The molecule has 1 aromatic heterocycles. The van der Waals surface area contributed by atoms with Gasteiger partial charge in [-0.05, 0) is 24.5 Å². The Morgan fingerprint density at radius 3 is 2.88 bits per heavy atom. The lowest BCUT2D eigenvalue weighted by Gasteiger charge is -2.38. The maximum absolute atomic E-state index is 12.0. The average molecular weight is 360 g/mol. The molecule has 1 saturated carbocycles. The minimum Gasteiger partial charge on any atom is -0.494 e. The molecular weight excluding hydrogens is 336 g/mol. The summed E-state index contributed by atoms with van der Waals surface area (Å²) in [5.41, 5.74) is 0.905. The molecule has 6 heteroatoms. The topological polar surface area (TPSA) is 51.7 Å². The minimum absolute atomic E-state index is 0.00462. The molecule has 2 aliphatic rings. The van der Waals surface area contributed by atoms with Crippen molar-refractivity contribution in [1.29, 1.82) is 0 Å². The molecule has 0 atom stereocenters. The maximum Gasteiger partial charge on any atom is 0.306 e. The molecular formula is C19H24N2O3S. The first-order valence-corrected chi connectivity index (χ1v) is 9.92. The predicted octanol–water partition coefficient (Wildman–Crippen LogP) is 4.01. The highest BCUT2D eigenvalue weighted by atomic mass is 32.1. The zero-order valence-electron chi connectivity index (χ0n) is 14.6. The van der Waals surface area contributed by atoms with Crippen LogP contribution in [0.3, 0.4) is 0 Å². The summed E-state index contributed by atoms with van der Waals surface area (Å²) in [5, 5.41) is 0.970. The fraction of sp³-hybridized carbons (Fsp3) is 0.579. The third-order valence-corrected chi connectivity index (χ3v) is 6.32. The standard InChI is InChI=1S/C19H24N2O3S/c1-23-15-7-4-8-16-18(15)20-19(25-16)21-11-14(12-21)24-17(22)10-9-13-5-2-3-6-13/h4,7-8,13-14H,2-3,5-6,9-12H2,1H3. The molecule has 0 amide bonds. The van der Waals surface area contributed by atoms with E-state index in [-0.39, 0.29) is 12.1 Å². The van der Waals surface area contributed by atoms with E-state index in [1.165, 1.54) is 25.7 Å². The number of aromatic nitrogens is 1. The Bertz CT molecular complexity index is 748. The van der Waals surface area contributed by atoms with Crippen molar-refractivity contribution in [1.82, 2.24) is 4.98 Å². The Kier molecular flexibility index (Phi) is 4.79. The molecule has 0 spiro atoms. The third kappa shape index (κ3) is 3.59. The second kappa shape index (κ2) is 7.20. The zero-order chi connectivity index (χ0) is 17.2. The van der Waals surface area contributed by atoms with Crippen LogP contribution < -0.4 is 9.64 Å². The molecule has 134 valence electrons. The number of hydrogen-bond acceptors (Lipinski definition) is 6. The van der Waals surface area contributed by atoms with Crippen LogP contribution in [0.5, 0.6) is 5.75 Å². The van der Waals surface area contributed by atoms with Crippen molar-refractivity contribution in [2.24, 2.45) is 5.92 Å². The summed E-state index contributed by atoms with van der Waals surface area (Å²) in [4.78, 5) is 18.9. The Labute approximate surface area is 151 Å². The van der Waals surface area contributed by atoms with E-state index in [1.54, 1.807) is 18.4 Å². The van der Waals surface area contributed by atoms with Crippen LogP contribution in [0.4, 0.5) is 5.13 Å². The minimum atomic E-state index is -0.0393. The van der Waals surface area contributed by atoms with Gasteiger partial charge in [0.2, 0.25) is 0 Å². The molecule has 1 saturated heterocycles. The molecule has 1 aliphatic carbocycles. The fourth-order valence-corrected chi connectivity index (χ4v) is 4.75. The van der Waals surface area contributed by atoms with Crippen LogP contribution in [0.25, 0.3) is 10.2 Å². The number of rotatable bonds is 6. The van der Waals surface area contributed by atoms with Crippen LogP contribution in [0.2, 0.25) is 0 Å². The molecule has 0 unspecified atom stereocenters. The van der Waals surface area contributed by atoms with Crippen molar-refractivity contribution < 1.29 is 14.3 Å². The van der Waals surface area contributed by atoms with Crippen molar-refractivity contribution in [2.45, 2.75) is 44.6 Å². The molecule has 0 bridgehead atoms. The Morgan fingerprint density at radius 1 is 1.32 bits per heavy atom. The van der Waals surface area contributed by atoms with Gasteiger partial charge in [0.05, 0.1) is 24.9 Å². The van der Waals surface area contributed by atoms with Gasteiger partial charge in [-0.2, -0.15) is 0 Å². The third-order valence-electron chi connectivity index (χ3n) is 5.24. The van der Waals surface area contributed by atoms with Crippen molar-refractivity contribution >= 4 is 32.7 Å². The van der Waals surface area contributed by atoms with Gasteiger partial charge >= 0.3 is 5.97 Å². The SMILES string of the molecule is COc1cccc2sc(N3CC(OC(=O)CCC4CCCC4)C3)nc12. The van der Waals surface area contributed by atoms with Crippen LogP contribution in [-0.2, 0) is 9.53 Å². The summed E-state index contributed by atoms with van der Waals surface area (Å²) in [6.07, 6.45) is 6.78. The lowest BCUT2D eigenvalue weighted by Crippen LogP contribution is -2.53. The fourth-order valence-electron chi connectivity index (χ4n) is 3.75. The summed E-state index contributed by atoms with van der Waals surface area (Å²) in [6.45, 7) is 1.47. The van der Waals surface area contributed by atoms with Gasteiger partial charge in [-0.15, -0.1) is 0 Å². The van der Waals surface area contributed by atoms with E-state index in [0.717, 1.165) is 46.5 Å². The highest BCUT2D eigenvalue weighted by Crippen LogP contribution is 2.36. The molecule has 1 aromatic carbocycles. The van der Waals surface area contributed by atoms with E-state index in [0.29, 0.717) is 6.42 Å². The number of hydrogen-bond donors (Lipinski definition) is 0. The van der Waals surface area contributed by atoms with E-state index in [9.17, 15) is 4.79 Å². The van der Waals surface area contributed by atoms with Gasteiger partial charge in [-0.25, -0.2) is 4.98 Å². The lowest BCUT2D eigenvalue weighted by molar-refractivity contribution is -0.150. The number of carbonyl (C=O) groups is 1. The highest BCUT2D eigenvalue weighted by Gasteiger charge is 2.32. The van der Waals surface area contributed by atoms with Gasteiger partial charge < -0.3 is 14.4 Å². The van der Waals surface area contributed by atoms with Gasteiger partial charge in [-0.3, -0.25) is 4.79 Å². The largest absolute Gasteiger partial charge is 0.494 e. The molecule has 2 fully saturated rings. The summed E-state index contributed by atoms with van der Waals surface area (Å²) in [5.74, 6) is 1.50. The number of methoxy groups -OCH3 is 1.